The Hall–Kier alpha value is -1.19. The Balaban J connectivity index is 2.24. The molecular weight excluding hydrogens is 295 g/mol. The van der Waals surface area contributed by atoms with Gasteiger partial charge in [-0.05, 0) is 41.8 Å². The van der Waals surface area contributed by atoms with Crippen molar-refractivity contribution in [3.05, 3.63) is 69.4 Å². The van der Waals surface area contributed by atoms with E-state index in [0.717, 1.165) is 21.2 Å². The quantitative estimate of drug-likeness (QED) is 0.902. The molecule has 0 heterocycles. The van der Waals surface area contributed by atoms with E-state index in [4.69, 9.17) is 0 Å². The molecule has 0 saturated carbocycles. The number of rotatable bonds is 3. The zero-order chi connectivity index (χ0) is 13.1. The fourth-order valence-electron chi connectivity index (χ4n) is 1.92. The van der Waals surface area contributed by atoms with Crippen LogP contribution >= 0.6 is 15.9 Å². The smallest absolute Gasteiger partial charge is 0.123 e. The third-order valence-corrected chi connectivity index (χ3v) is 3.71. The summed E-state index contributed by atoms with van der Waals surface area (Å²) >= 11 is 3.41. The molecule has 1 unspecified atom stereocenters. The number of aliphatic hydroxyl groups is 1. The number of aliphatic hydroxyl groups excluding tert-OH is 1. The molecule has 2 aromatic rings. The number of hydrogen-bond acceptors (Lipinski definition) is 1. The predicted molar refractivity (Wildman–Crippen MR) is 73.9 cm³/mol. The van der Waals surface area contributed by atoms with Gasteiger partial charge in [-0.3, -0.25) is 0 Å². The first kappa shape index (κ1) is 13.2. The SMILES string of the molecule is Cc1ccc(F)cc1CC(O)c1ccccc1Br. The largest absolute Gasteiger partial charge is 0.388 e. The Labute approximate surface area is 114 Å². The molecule has 0 radical (unpaired) electrons. The van der Waals surface area contributed by atoms with E-state index in [9.17, 15) is 9.50 Å². The predicted octanol–water partition coefficient (Wildman–Crippen LogP) is 4.17. The maximum absolute atomic E-state index is 13.2. The van der Waals surface area contributed by atoms with Crippen molar-refractivity contribution in [2.75, 3.05) is 0 Å². The van der Waals surface area contributed by atoms with Gasteiger partial charge in [-0.25, -0.2) is 4.39 Å². The molecule has 0 fully saturated rings. The second-order valence-electron chi connectivity index (χ2n) is 4.31. The van der Waals surface area contributed by atoms with Gasteiger partial charge in [0.05, 0.1) is 6.10 Å². The van der Waals surface area contributed by atoms with Crippen molar-refractivity contribution in [3.63, 3.8) is 0 Å². The summed E-state index contributed by atoms with van der Waals surface area (Å²) < 4.78 is 14.1. The van der Waals surface area contributed by atoms with E-state index in [0.29, 0.717) is 6.42 Å². The molecular formula is C15H14BrFO. The van der Waals surface area contributed by atoms with Gasteiger partial charge in [-0.15, -0.1) is 0 Å². The first-order valence-electron chi connectivity index (χ1n) is 5.75. The minimum Gasteiger partial charge on any atom is -0.388 e. The van der Waals surface area contributed by atoms with E-state index in [1.807, 2.05) is 31.2 Å². The van der Waals surface area contributed by atoms with Gasteiger partial charge in [0.15, 0.2) is 0 Å². The average molecular weight is 309 g/mol. The van der Waals surface area contributed by atoms with Gasteiger partial charge in [-0.1, -0.05) is 40.2 Å². The van der Waals surface area contributed by atoms with Crippen molar-refractivity contribution >= 4 is 15.9 Å². The molecule has 0 spiro atoms. The van der Waals surface area contributed by atoms with E-state index in [1.165, 1.54) is 12.1 Å². The fraction of sp³-hybridized carbons (Fsp3) is 0.200. The lowest BCUT2D eigenvalue weighted by atomic mass is 9.98. The Bertz CT molecular complexity index is 554. The van der Waals surface area contributed by atoms with Gasteiger partial charge in [0.2, 0.25) is 0 Å². The highest BCUT2D eigenvalue weighted by atomic mass is 79.9. The molecule has 0 aliphatic heterocycles. The summed E-state index contributed by atoms with van der Waals surface area (Å²) in [4.78, 5) is 0. The molecule has 3 heteroatoms. The molecule has 0 aliphatic carbocycles. The van der Waals surface area contributed by atoms with Gasteiger partial charge in [0.1, 0.15) is 5.82 Å². The minimum absolute atomic E-state index is 0.269. The molecule has 18 heavy (non-hydrogen) atoms. The lowest BCUT2D eigenvalue weighted by Crippen LogP contribution is -2.04. The van der Waals surface area contributed by atoms with Crippen LogP contribution in [0.1, 0.15) is 22.8 Å². The third kappa shape index (κ3) is 2.98. The highest BCUT2D eigenvalue weighted by Crippen LogP contribution is 2.26. The molecule has 94 valence electrons. The van der Waals surface area contributed by atoms with Crippen molar-refractivity contribution in [3.8, 4) is 0 Å². The normalized spacial score (nSPS) is 12.4. The molecule has 2 aromatic carbocycles. The zero-order valence-corrected chi connectivity index (χ0v) is 11.6. The summed E-state index contributed by atoms with van der Waals surface area (Å²) in [6, 6.07) is 12.2. The van der Waals surface area contributed by atoms with Crippen LogP contribution in [0.5, 0.6) is 0 Å². The number of halogens is 2. The van der Waals surface area contributed by atoms with E-state index in [-0.39, 0.29) is 5.82 Å². The highest BCUT2D eigenvalue weighted by molar-refractivity contribution is 9.10. The number of benzene rings is 2. The van der Waals surface area contributed by atoms with Gasteiger partial charge in [-0.2, -0.15) is 0 Å². The minimum atomic E-state index is -0.638. The van der Waals surface area contributed by atoms with Crippen molar-refractivity contribution in [1.29, 1.82) is 0 Å². The van der Waals surface area contributed by atoms with Gasteiger partial charge in [0.25, 0.3) is 0 Å². The molecule has 2 rings (SSSR count). The van der Waals surface area contributed by atoms with Crippen LogP contribution in [0.3, 0.4) is 0 Å². The van der Waals surface area contributed by atoms with Crippen LogP contribution in [0.15, 0.2) is 46.9 Å². The Kier molecular flexibility index (Phi) is 4.15. The monoisotopic (exact) mass is 308 g/mol. The zero-order valence-electron chi connectivity index (χ0n) is 10.0. The van der Waals surface area contributed by atoms with Gasteiger partial charge >= 0.3 is 0 Å². The van der Waals surface area contributed by atoms with Gasteiger partial charge in [0, 0.05) is 10.9 Å². The van der Waals surface area contributed by atoms with Crippen molar-refractivity contribution in [2.24, 2.45) is 0 Å². The third-order valence-electron chi connectivity index (χ3n) is 2.99. The maximum atomic E-state index is 13.2. The van der Waals surface area contributed by atoms with Crippen LogP contribution in [-0.4, -0.2) is 5.11 Å². The molecule has 1 N–H and O–H groups in total. The molecule has 0 aliphatic rings. The van der Waals surface area contributed by atoms with Crippen LogP contribution < -0.4 is 0 Å². The van der Waals surface area contributed by atoms with Crippen LogP contribution in [-0.2, 0) is 6.42 Å². The Morgan fingerprint density at radius 1 is 1.22 bits per heavy atom. The molecule has 0 bridgehead atoms. The second kappa shape index (κ2) is 5.63. The molecule has 0 amide bonds. The molecule has 0 saturated heterocycles. The van der Waals surface area contributed by atoms with Crippen molar-refractivity contribution in [1.82, 2.24) is 0 Å². The summed E-state index contributed by atoms with van der Waals surface area (Å²) in [6.07, 6.45) is -0.229. The van der Waals surface area contributed by atoms with E-state index in [2.05, 4.69) is 15.9 Å². The van der Waals surface area contributed by atoms with Crippen LogP contribution in [0, 0.1) is 12.7 Å². The van der Waals surface area contributed by atoms with Crippen molar-refractivity contribution in [2.45, 2.75) is 19.4 Å². The summed E-state index contributed by atoms with van der Waals surface area (Å²) in [5, 5.41) is 10.2. The summed E-state index contributed by atoms with van der Waals surface area (Å²) in [7, 11) is 0. The summed E-state index contributed by atoms with van der Waals surface area (Å²) in [5.41, 5.74) is 2.64. The summed E-state index contributed by atoms with van der Waals surface area (Å²) in [6.45, 7) is 1.92. The Morgan fingerprint density at radius 3 is 2.67 bits per heavy atom. The van der Waals surface area contributed by atoms with E-state index >= 15 is 0 Å². The summed E-state index contributed by atoms with van der Waals surface area (Å²) in [5.74, 6) is -0.269. The Morgan fingerprint density at radius 2 is 1.94 bits per heavy atom. The first-order valence-corrected chi connectivity index (χ1v) is 6.55. The van der Waals surface area contributed by atoms with Gasteiger partial charge < -0.3 is 5.11 Å². The second-order valence-corrected chi connectivity index (χ2v) is 5.17. The van der Waals surface area contributed by atoms with E-state index in [1.54, 1.807) is 6.07 Å². The lowest BCUT2D eigenvalue weighted by molar-refractivity contribution is 0.177. The molecule has 1 nitrogen and oxygen atoms in total. The van der Waals surface area contributed by atoms with Crippen LogP contribution in [0.4, 0.5) is 4.39 Å². The highest BCUT2D eigenvalue weighted by Gasteiger charge is 2.13. The van der Waals surface area contributed by atoms with Crippen LogP contribution in [0.25, 0.3) is 0 Å². The number of hydrogen-bond donors (Lipinski definition) is 1. The molecule has 1 atom stereocenters. The fourth-order valence-corrected chi connectivity index (χ4v) is 2.47. The van der Waals surface area contributed by atoms with Crippen molar-refractivity contribution < 1.29 is 9.50 Å². The molecule has 0 aromatic heterocycles. The standard InChI is InChI=1S/C15H14BrFO/c1-10-6-7-12(17)8-11(10)9-15(18)13-4-2-3-5-14(13)16/h2-8,15,18H,9H2,1H3. The number of aryl methyl sites for hydroxylation is 1. The topological polar surface area (TPSA) is 20.2 Å². The van der Waals surface area contributed by atoms with Crippen LogP contribution in [0.2, 0.25) is 0 Å². The van der Waals surface area contributed by atoms with E-state index < -0.39 is 6.10 Å². The maximum Gasteiger partial charge on any atom is 0.123 e. The first-order chi connectivity index (χ1) is 8.58. The average Bonchev–Trinajstić information content (AvgIpc) is 2.34. The lowest BCUT2D eigenvalue weighted by Gasteiger charge is -2.14.